The lowest BCUT2D eigenvalue weighted by Crippen LogP contribution is -2.18. The highest BCUT2D eigenvalue weighted by Gasteiger charge is 2.11. The van der Waals surface area contributed by atoms with Crippen molar-refractivity contribution in [1.82, 2.24) is 5.43 Å². The van der Waals surface area contributed by atoms with Gasteiger partial charge in [0.05, 0.1) is 6.21 Å². The van der Waals surface area contributed by atoms with Crippen LogP contribution >= 0.6 is 0 Å². The number of hydrazone groups is 1. The first-order chi connectivity index (χ1) is 13.0. The zero-order chi connectivity index (χ0) is 19.2. The molecule has 0 saturated carbocycles. The summed E-state index contributed by atoms with van der Waals surface area (Å²) < 4.78 is 5.35. The molecule has 5 nitrogen and oxygen atoms in total. The van der Waals surface area contributed by atoms with Gasteiger partial charge in [-0.25, -0.2) is 5.43 Å². The molecular weight excluding hydrogens is 340 g/mol. The minimum absolute atomic E-state index is 0.0249. The smallest absolute Gasteiger partial charge is 0.271 e. The van der Waals surface area contributed by atoms with E-state index in [-0.39, 0.29) is 18.1 Å². The second-order valence-electron chi connectivity index (χ2n) is 6.26. The normalized spacial score (nSPS) is 10.9. The number of benzene rings is 2. The molecule has 136 valence electrons. The molecule has 0 saturated heterocycles. The van der Waals surface area contributed by atoms with Gasteiger partial charge in [0.15, 0.2) is 5.78 Å². The van der Waals surface area contributed by atoms with Crippen molar-refractivity contribution < 1.29 is 14.0 Å². The van der Waals surface area contributed by atoms with Crippen LogP contribution in [0.3, 0.4) is 0 Å². The molecule has 3 aromatic rings. The average Bonchev–Trinajstić information content (AvgIpc) is 3.07. The lowest BCUT2D eigenvalue weighted by molar-refractivity contribution is 0.0951. The highest BCUT2D eigenvalue weighted by atomic mass is 16.3. The van der Waals surface area contributed by atoms with Gasteiger partial charge in [-0.2, -0.15) is 5.10 Å². The van der Waals surface area contributed by atoms with Crippen molar-refractivity contribution in [3.05, 3.63) is 94.4 Å². The van der Waals surface area contributed by atoms with E-state index in [1.807, 2.05) is 50.2 Å². The van der Waals surface area contributed by atoms with Crippen molar-refractivity contribution in [3.63, 3.8) is 0 Å². The quantitative estimate of drug-likeness (QED) is 0.409. The van der Waals surface area contributed by atoms with E-state index < -0.39 is 0 Å². The highest BCUT2D eigenvalue weighted by molar-refractivity contribution is 5.99. The Morgan fingerprint density at radius 2 is 1.85 bits per heavy atom. The summed E-state index contributed by atoms with van der Waals surface area (Å²) in [6, 6.07) is 18.1. The van der Waals surface area contributed by atoms with E-state index in [0.29, 0.717) is 16.9 Å². The molecule has 0 aliphatic carbocycles. The van der Waals surface area contributed by atoms with E-state index in [2.05, 4.69) is 10.5 Å². The fourth-order valence-electron chi connectivity index (χ4n) is 2.73. The maximum Gasteiger partial charge on any atom is 0.271 e. The van der Waals surface area contributed by atoms with Crippen molar-refractivity contribution in [1.29, 1.82) is 0 Å². The van der Waals surface area contributed by atoms with Crippen LogP contribution in [0, 0.1) is 13.8 Å². The van der Waals surface area contributed by atoms with E-state index in [4.69, 9.17) is 4.42 Å². The first kappa shape index (κ1) is 18.3. The lowest BCUT2D eigenvalue weighted by Gasteiger charge is -2.06. The van der Waals surface area contributed by atoms with Gasteiger partial charge in [0.25, 0.3) is 5.91 Å². The number of nitrogens with one attached hydrogen (secondary N) is 1. The molecule has 5 heteroatoms. The minimum atomic E-state index is -0.347. The maximum absolute atomic E-state index is 12.5. The van der Waals surface area contributed by atoms with Crippen molar-refractivity contribution in [2.75, 3.05) is 0 Å². The van der Waals surface area contributed by atoms with Gasteiger partial charge in [-0.05, 0) is 49.2 Å². The zero-order valence-electron chi connectivity index (χ0n) is 15.2. The van der Waals surface area contributed by atoms with E-state index in [1.165, 1.54) is 6.21 Å². The Morgan fingerprint density at radius 3 is 2.59 bits per heavy atom. The van der Waals surface area contributed by atoms with E-state index in [0.717, 1.165) is 16.9 Å². The predicted octanol–water partition coefficient (Wildman–Crippen LogP) is 4.09. The van der Waals surface area contributed by atoms with Crippen molar-refractivity contribution >= 4 is 17.9 Å². The number of rotatable bonds is 6. The number of amides is 1. The molecule has 1 aromatic heterocycles. The number of aryl methyl sites for hydroxylation is 2. The summed E-state index contributed by atoms with van der Waals surface area (Å²) >= 11 is 0. The lowest BCUT2D eigenvalue weighted by atomic mass is 9.98. The summed E-state index contributed by atoms with van der Waals surface area (Å²) in [5.41, 5.74) is 5.33. The average molecular weight is 360 g/mol. The third-order valence-corrected chi connectivity index (χ3v) is 4.12. The Balaban J connectivity index is 1.66. The Labute approximate surface area is 157 Å². The Kier molecular flexibility index (Phi) is 5.61. The summed E-state index contributed by atoms with van der Waals surface area (Å²) in [6.45, 7) is 3.75. The third-order valence-electron chi connectivity index (χ3n) is 4.12. The molecule has 0 spiro atoms. The first-order valence-corrected chi connectivity index (χ1v) is 8.60. The van der Waals surface area contributed by atoms with Gasteiger partial charge < -0.3 is 4.42 Å². The van der Waals surface area contributed by atoms with Gasteiger partial charge in [0, 0.05) is 17.5 Å². The number of ketones is 1. The Morgan fingerprint density at radius 1 is 1.04 bits per heavy atom. The maximum atomic E-state index is 12.5. The molecule has 0 aliphatic rings. The van der Waals surface area contributed by atoms with Crippen LogP contribution in [0.25, 0.3) is 0 Å². The van der Waals surface area contributed by atoms with Gasteiger partial charge in [0.1, 0.15) is 11.5 Å². The van der Waals surface area contributed by atoms with E-state index in [1.54, 1.807) is 24.3 Å². The molecule has 1 heterocycles. The number of carbonyl (C=O) groups excluding carboxylic acids is 2. The molecule has 0 bridgehead atoms. The number of nitrogens with zero attached hydrogens (tertiary/aromatic N) is 1. The van der Waals surface area contributed by atoms with Crippen LogP contribution in [-0.4, -0.2) is 17.9 Å². The number of hydrogen-bond donors (Lipinski definition) is 1. The van der Waals surface area contributed by atoms with Crippen molar-refractivity contribution in [3.8, 4) is 0 Å². The van der Waals surface area contributed by atoms with Crippen LogP contribution in [0.15, 0.2) is 70.2 Å². The summed E-state index contributed by atoms with van der Waals surface area (Å²) in [6.07, 6.45) is 1.68. The van der Waals surface area contributed by atoms with Crippen LogP contribution in [0.1, 0.15) is 43.4 Å². The second-order valence-corrected chi connectivity index (χ2v) is 6.26. The summed E-state index contributed by atoms with van der Waals surface area (Å²) in [5, 5.41) is 3.90. The zero-order valence-corrected chi connectivity index (χ0v) is 15.2. The molecule has 3 rings (SSSR count). The Bertz CT molecular complexity index is 1000. The highest BCUT2D eigenvalue weighted by Crippen LogP contribution is 2.13. The molecule has 2 aromatic carbocycles. The number of carbonyl (C=O) groups is 2. The molecule has 0 aliphatic heterocycles. The van der Waals surface area contributed by atoms with Crippen LogP contribution in [0.5, 0.6) is 0 Å². The SMILES string of the molecule is Cc1ccc(/C=N/NC(=O)c2cccc(CC(=O)c3ccccc3C)c2)o1. The van der Waals surface area contributed by atoms with Crippen molar-refractivity contribution in [2.45, 2.75) is 20.3 Å². The van der Waals surface area contributed by atoms with Gasteiger partial charge in [-0.1, -0.05) is 36.4 Å². The van der Waals surface area contributed by atoms with Crippen LogP contribution in [-0.2, 0) is 6.42 Å². The van der Waals surface area contributed by atoms with E-state index in [9.17, 15) is 9.59 Å². The summed E-state index contributed by atoms with van der Waals surface area (Å²) in [4.78, 5) is 24.8. The molecule has 0 atom stereocenters. The van der Waals surface area contributed by atoms with Crippen LogP contribution in [0.4, 0.5) is 0 Å². The Hall–Kier alpha value is -3.47. The molecule has 27 heavy (non-hydrogen) atoms. The van der Waals surface area contributed by atoms with Gasteiger partial charge in [-0.3, -0.25) is 9.59 Å². The van der Waals surface area contributed by atoms with E-state index >= 15 is 0 Å². The standard InChI is InChI=1S/C22H20N2O3/c1-15-6-3-4-9-20(15)21(25)13-17-7-5-8-18(12-17)22(26)24-23-14-19-11-10-16(2)27-19/h3-12,14H,13H2,1-2H3,(H,24,26)/b23-14+. The fourth-order valence-corrected chi connectivity index (χ4v) is 2.73. The molecule has 1 amide bonds. The largest absolute Gasteiger partial charge is 0.460 e. The summed E-state index contributed by atoms with van der Waals surface area (Å²) in [7, 11) is 0. The minimum Gasteiger partial charge on any atom is -0.460 e. The number of furan rings is 1. The monoisotopic (exact) mass is 360 g/mol. The predicted molar refractivity (Wildman–Crippen MR) is 104 cm³/mol. The second kappa shape index (κ2) is 8.27. The fraction of sp³-hybridized carbons (Fsp3) is 0.136. The molecule has 0 unspecified atom stereocenters. The van der Waals surface area contributed by atoms with Crippen LogP contribution in [0.2, 0.25) is 0 Å². The van der Waals surface area contributed by atoms with Crippen molar-refractivity contribution in [2.24, 2.45) is 5.10 Å². The van der Waals surface area contributed by atoms with Gasteiger partial charge in [0.2, 0.25) is 0 Å². The molecule has 0 fully saturated rings. The third kappa shape index (κ3) is 4.79. The molecular formula is C22H20N2O3. The number of hydrogen-bond acceptors (Lipinski definition) is 4. The molecule has 0 radical (unpaired) electrons. The number of Topliss-reactive ketones (excluding diaryl/α,β-unsaturated/α-hetero) is 1. The molecule has 1 N–H and O–H groups in total. The first-order valence-electron chi connectivity index (χ1n) is 8.60. The van der Waals surface area contributed by atoms with Gasteiger partial charge in [-0.15, -0.1) is 0 Å². The topological polar surface area (TPSA) is 71.7 Å². The van der Waals surface area contributed by atoms with Gasteiger partial charge >= 0.3 is 0 Å². The summed E-state index contributed by atoms with van der Waals surface area (Å²) in [5.74, 6) is 1.01. The van der Waals surface area contributed by atoms with Crippen LogP contribution < -0.4 is 5.43 Å².